The Hall–Kier alpha value is -0.770. The number of nitrogens with two attached hydrogens (primary N) is 1. The molecule has 24 heavy (non-hydrogen) atoms. The quantitative estimate of drug-likeness (QED) is 0.374. The summed E-state index contributed by atoms with van der Waals surface area (Å²) in [4.78, 5) is 10.8. The van der Waals surface area contributed by atoms with E-state index in [2.05, 4.69) is 26.6 Å². The standard InChI is InChI=1S/C14H22BrN3O4.2ClH/c1-21-12-7-10(8-18-3-2-17-4-5-19)6-11(15)14(12)22-9-13(16)20;;/h6-7,17-19H,2-5,8-9H2,1H3,(H2,16,20);2*1H. The summed E-state index contributed by atoms with van der Waals surface area (Å²) in [5.41, 5.74) is 6.09. The third-order valence-electron chi connectivity index (χ3n) is 2.74. The molecule has 1 rings (SSSR count). The molecule has 5 N–H and O–H groups in total. The SMILES string of the molecule is COc1cc(CNCCNCCO)cc(Br)c1OCC(N)=O.Cl.Cl. The molecule has 0 saturated carbocycles. The fraction of sp³-hybridized carbons (Fsp3) is 0.500. The number of carbonyl (C=O) groups is 1. The average Bonchev–Trinajstić information content (AvgIpc) is 2.48. The van der Waals surface area contributed by atoms with Crippen LogP contribution in [0, 0.1) is 0 Å². The Morgan fingerprint density at radius 2 is 1.92 bits per heavy atom. The number of primary amides is 1. The predicted octanol–water partition coefficient (Wildman–Crippen LogP) is 0.837. The molecular weight excluding hydrogens is 425 g/mol. The van der Waals surface area contributed by atoms with E-state index >= 15 is 0 Å². The average molecular weight is 449 g/mol. The van der Waals surface area contributed by atoms with Crippen LogP contribution in [0.5, 0.6) is 11.5 Å². The van der Waals surface area contributed by atoms with Gasteiger partial charge >= 0.3 is 0 Å². The van der Waals surface area contributed by atoms with Gasteiger partial charge in [-0.05, 0) is 33.6 Å². The zero-order valence-corrected chi connectivity index (χ0v) is 16.6. The molecule has 0 unspecified atom stereocenters. The molecule has 0 aliphatic heterocycles. The number of amides is 1. The van der Waals surface area contributed by atoms with Crippen LogP contribution in [0.2, 0.25) is 0 Å². The fourth-order valence-corrected chi connectivity index (χ4v) is 2.38. The minimum atomic E-state index is -0.546. The van der Waals surface area contributed by atoms with E-state index < -0.39 is 5.91 Å². The molecule has 10 heteroatoms. The van der Waals surface area contributed by atoms with E-state index in [-0.39, 0.29) is 38.0 Å². The number of aliphatic hydroxyl groups excluding tert-OH is 1. The van der Waals surface area contributed by atoms with Crippen LogP contribution in [-0.2, 0) is 11.3 Å². The number of rotatable bonds is 11. The third kappa shape index (κ3) is 9.51. The molecule has 0 bridgehead atoms. The second-order valence-electron chi connectivity index (χ2n) is 4.51. The fourth-order valence-electron chi connectivity index (χ4n) is 1.77. The molecule has 0 aromatic heterocycles. The zero-order valence-electron chi connectivity index (χ0n) is 13.3. The maximum atomic E-state index is 10.8. The van der Waals surface area contributed by atoms with Crippen molar-refractivity contribution in [1.29, 1.82) is 0 Å². The number of aliphatic hydroxyl groups is 1. The van der Waals surface area contributed by atoms with Gasteiger partial charge in [0.05, 0.1) is 18.2 Å². The smallest absolute Gasteiger partial charge is 0.255 e. The van der Waals surface area contributed by atoms with Gasteiger partial charge in [-0.1, -0.05) is 0 Å². The molecule has 0 aliphatic carbocycles. The Balaban J connectivity index is 0. The molecule has 1 aromatic rings. The van der Waals surface area contributed by atoms with E-state index in [0.29, 0.717) is 29.1 Å². The molecule has 0 heterocycles. The molecule has 1 aromatic carbocycles. The summed E-state index contributed by atoms with van der Waals surface area (Å²) in [6.45, 7) is 2.73. The van der Waals surface area contributed by atoms with Crippen LogP contribution < -0.4 is 25.8 Å². The minimum Gasteiger partial charge on any atom is -0.493 e. The Bertz CT molecular complexity index is 495. The number of ether oxygens (including phenoxy) is 2. The number of benzene rings is 1. The molecule has 7 nitrogen and oxygen atoms in total. The number of hydrogen-bond donors (Lipinski definition) is 4. The van der Waals surface area contributed by atoms with E-state index in [1.54, 1.807) is 0 Å². The molecule has 0 saturated heterocycles. The minimum absolute atomic E-state index is 0. The van der Waals surface area contributed by atoms with Gasteiger partial charge in [0.1, 0.15) is 0 Å². The number of nitrogens with one attached hydrogen (secondary N) is 2. The van der Waals surface area contributed by atoms with Crippen LogP contribution in [0.15, 0.2) is 16.6 Å². The van der Waals surface area contributed by atoms with E-state index in [9.17, 15) is 4.79 Å². The number of halogens is 3. The molecule has 0 radical (unpaired) electrons. The van der Waals surface area contributed by atoms with Crippen molar-refractivity contribution < 1.29 is 19.4 Å². The van der Waals surface area contributed by atoms with Crippen LogP contribution in [0.3, 0.4) is 0 Å². The highest BCUT2D eigenvalue weighted by molar-refractivity contribution is 9.10. The lowest BCUT2D eigenvalue weighted by atomic mass is 10.2. The summed E-state index contributed by atoms with van der Waals surface area (Å²) in [5.74, 6) is 0.440. The Morgan fingerprint density at radius 3 is 2.50 bits per heavy atom. The number of methoxy groups -OCH3 is 1. The second kappa shape index (κ2) is 14.6. The first-order valence-corrected chi connectivity index (χ1v) is 7.67. The normalized spacial score (nSPS) is 9.62. The number of hydrogen-bond acceptors (Lipinski definition) is 6. The summed E-state index contributed by atoms with van der Waals surface area (Å²) >= 11 is 3.41. The van der Waals surface area contributed by atoms with E-state index in [1.807, 2.05) is 12.1 Å². The summed E-state index contributed by atoms with van der Waals surface area (Å²) < 4.78 is 11.3. The van der Waals surface area contributed by atoms with Crippen molar-refractivity contribution in [2.45, 2.75) is 6.54 Å². The maximum Gasteiger partial charge on any atom is 0.255 e. The van der Waals surface area contributed by atoms with Crippen LogP contribution in [-0.4, -0.2) is 51.0 Å². The monoisotopic (exact) mass is 447 g/mol. The van der Waals surface area contributed by atoms with Crippen LogP contribution in [0.1, 0.15) is 5.56 Å². The van der Waals surface area contributed by atoms with Gasteiger partial charge < -0.3 is 30.9 Å². The van der Waals surface area contributed by atoms with Crippen LogP contribution >= 0.6 is 40.7 Å². The van der Waals surface area contributed by atoms with Gasteiger partial charge in [-0.15, -0.1) is 24.8 Å². The molecule has 0 spiro atoms. The largest absolute Gasteiger partial charge is 0.493 e. The number of carbonyl (C=O) groups excluding carboxylic acids is 1. The van der Waals surface area contributed by atoms with Crippen molar-refractivity contribution >= 4 is 46.7 Å². The molecule has 0 fully saturated rings. The summed E-state index contributed by atoms with van der Waals surface area (Å²) in [7, 11) is 1.54. The second-order valence-corrected chi connectivity index (χ2v) is 5.37. The van der Waals surface area contributed by atoms with Crippen molar-refractivity contribution in [3.8, 4) is 11.5 Å². The van der Waals surface area contributed by atoms with Gasteiger partial charge in [0.25, 0.3) is 5.91 Å². The first-order chi connectivity index (χ1) is 10.6. The molecular formula is C14H24BrCl2N3O4. The van der Waals surface area contributed by atoms with Crippen molar-refractivity contribution in [3.63, 3.8) is 0 Å². The van der Waals surface area contributed by atoms with Crippen LogP contribution in [0.25, 0.3) is 0 Å². The third-order valence-corrected chi connectivity index (χ3v) is 3.33. The first-order valence-electron chi connectivity index (χ1n) is 6.88. The van der Waals surface area contributed by atoms with Gasteiger partial charge in [0.2, 0.25) is 0 Å². The van der Waals surface area contributed by atoms with Gasteiger partial charge in [0.15, 0.2) is 18.1 Å². The van der Waals surface area contributed by atoms with Crippen molar-refractivity contribution in [3.05, 3.63) is 22.2 Å². The molecule has 1 amide bonds. The summed E-state index contributed by atoms with van der Waals surface area (Å²) in [6, 6.07) is 3.74. The van der Waals surface area contributed by atoms with Gasteiger partial charge in [-0.2, -0.15) is 0 Å². The molecule has 0 atom stereocenters. The maximum absolute atomic E-state index is 10.8. The van der Waals surface area contributed by atoms with Crippen molar-refractivity contribution in [2.75, 3.05) is 40.0 Å². The highest BCUT2D eigenvalue weighted by Crippen LogP contribution is 2.36. The highest BCUT2D eigenvalue weighted by Gasteiger charge is 2.12. The van der Waals surface area contributed by atoms with Gasteiger partial charge in [-0.3, -0.25) is 4.79 Å². The zero-order chi connectivity index (χ0) is 16.4. The van der Waals surface area contributed by atoms with Gasteiger partial charge in [-0.25, -0.2) is 0 Å². The lowest BCUT2D eigenvalue weighted by Gasteiger charge is -2.14. The van der Waals surface area contributed by atoms with Gasteiger partial charge in [0, 0.05) is 26.2 Å². The Kier molecular flexibility index (Phi) is 15.5. The predicted molar refractivity (Wildman–Crippen MR) is 102 cm³/mol. The molecule has 0 aliphatic rings. The molecule has 140 valence electrons. The lowest BCUT2D eigenvalue weighted by Crippen LogP contribution is -2.28. The Morgan fingerprint density at radius 1 is 1.25 bits per heavy atom. The topological polar surface area (TPSA) is 106 Å². The summed E-state index contributed by atoms with van der Waals surface area (Å²) in [6.07, 6.45) is 0. The first kappa shape index (κ1) is 25.5. The Labute approximate surface area is 162 Å². The highest BCUT2D eigenvalue weighted by atomic mass is 79.9. The van der Waals surface area contributed by atoms with Crippen molar-refractivity contribution in [1.82, 2.24) is 10.6 Å². The van der Waals surface area contributed by atoms with E-state index in [0.717, 1.165) is 18.7 Å². The van der Waals surface area contributed by atoms with E-state index in [1.165, 1.54) is 7.11 Å². The summed E-state index contributed by atoms with van der Waals surface area (Å²) in [5, 5.41) is 15.0. The van der Waals surface area contributed by atoms with E-state index in [4.69, 9.17) is 20.3 Å². The van der Waals surface area contributed by atoms with Crippen LogP contribution in [0.4, 0.5) is 0 Å². The lowest BCUT2D eigenvalue weighted by molar-refractivity contribution is -0.119. The van der Waals surface area contributed by atoms with Crippen molar-refractivity contribution in [2.24, 2.45) is 5.73 Å².